The molecule has 1 heterocycles. The van der Waals surface area contributed by atoms with Crippen LogP contribution in [-0.4, -0.2) is 31.7 Å². The average Bonchev–Trinajstić information content (AvgIpc) is 3.14. The first-order valence-corrected chi connectivity index (χ1v) is 9.16. The molecule has 0 unspecified atom stereocenters. The molecule has 0 spiro atoms. The fourth-order valence-electron chi connectivity index (χ4n) is 3.59. The van der Waals surface area contributed by atoms with Crippen molar-refractivity contribution in [3.63, 3.8) is 0 Å². The third-order valence-corrected chi connectivity index (χ3v) is 5.37. The number of carbonyl (C=O) groups is 2. The van der Waals surface area contributed by atoms with Crippen LogP contribution in [0.3, 0.4) is 0 Å². The number of hydrogen-bond donors (Lipinski definition) is 2. The van der Waals surface area contributed by atoms with Crippen LogP contribution in [0.15, 0.2) is 48.5 Å². The topological polar surface area (TPSA) is 76.7 Å². The fraction of sp³-hybridized carbons (Fsp3) is 0.333. The second-order valence-corrected chi connectivity index (χ2v) is 7.03. The highest BCUT2D eigenvalue weighted by molar-refractivity contribution is 5.97. The number of amides is 2. The number of fused-ring (bicyclic) bond motifs is 1. The molecule has 2 aliphatic rings. The summed E-state index contributed by atoms with van der Waals surface area (Å²) in [6, 6.07) is 15.3. The van der Waals surface area contributed by atoms with E-state index < -0.39 is 0 Å². The SMILES string of the molecule is O=C(CNC(=O)c1ccc2c(c1)OCO2)NCC1(c2ccccc2)CCC1. The normalized spacial score (nSPS) is 16.3. The van der Waals surface area contributed by atoms with Crippen LogP contribution in [0, 0.1) is 0 Å². The van der Waals surface area contributed by atoms with Crippen molar-refractivity contribution in [3.05, 3.63) is 59.7 Å². The summed E-state index contributed by atoms with van der Waals surface area (Å²) in [4.78, 5) is 24.5. The standard InChI is InChI=1S/C21H22N2O4/c24-19(23-13-21(9-4-10-21)16-5-2-1-3-6-16)12-22-20(25)15-7-8-17-18(11-15)27-14-26-17/h1-3,5-8,11H,4,9-10,12-14H2,(H,22,25)(H,23,24). The lowest BCUT2D eigenvalue weighted by molar-refractivity contribution is -0.120. The van der Waals surface area contributed by atoms with Crippen LogP contribution in [0.5, 0.6) is 11.5 Å². The van der Waals surface area contributed by atoms with Gasteiger partial charge in [0.15, 0.2) is 11.5 Å². The van der Waals surface area contributed by atoms with Gasteiger partial charge in [-0.2, -0.15) is 0 Å². The summed E-state index contributed by atoms with van der Waals surface area (Å²) in [5.41, 5.74) is 1.73. The highest BCUT2D eigenvalue weighted by Gasteiger charge is 2.38. The van der Waals surface area contributed by atoms with Gasteiger partial charge < -0.3 is 20.1 Å². The van der Waals surface area contributed by atoms with Gasteiger partial charge in [-0.05, 0) is 36.6 Å². The van der Waals surface area contributed by atoms with Crippen LogP contribution in [0.25, 0.3) is 0 Å². The van der Waals surface area contributed by atoms with Crippen molar-refractivity contribution in [2.45, 2.75) is 24.7 Å². The third-order valence-electron chi connectivity index (χ3n) is 5.37. The minimum Gasteiger partial charge on any atom is -0.454 e. The molecule has 1 aliphatic carbocycles. The van der Waals surface area contributed by atoms with Crippen molar-refractivity contribution in [1.82, 2.24) is 10.6 Å². The van der Waals surface area contributed by atoms with E-state index in [1.807, 2.05) is 18.2 Å². The number of hydrogen-bond acceptors (Lipinski definition) is 4. The zero-order valence-corrected chi connectivity index (χ0v) is 15.0. The largest absolute Gasteiger partial charge is 0.454 e. The van der Waals surface area contributed by atoms with Crippen molar-refractivity contribution in [2.24, 2.45) is 0 Å². The smallest absolute Gasteiger partial charge is 0.251 e. The zero-order chi connectivity index (χ0) is 18.7. The summed E-state index contributed by atoms with van der Waals surface area (Å²) in [7, 11) is 0. The summed E-state index contributed by atoms with van der Waals surface area (Å²) in [6.07, 6.45) is 3.31. The summed E-state index contributed by atoms with van der Waals surface area (Å²) in [5.74, 6) is 0.661. The van der Waals surface area contributed by atoms with Crippen LogP contribution < -0.4 is 20.1 Å². The molecule has 6 nitrogen and oxygen atoms in total. The zero-order valence-electron chi connectivity index (χ0n) is 15.0. The maximum atomic E-state index is 12.3. The van der Waals surface area contributed by atoms with E-state index in [0.29, 0.717) is 23.6 Å². The first kappa shape index (κ1) is 17.4. The molecule has 0 bridgehead atoms. The molecule has 6 heteroatoms. The van der Waals surface area contributed by atoms with Gasteiger partial charge in [0, 0.05) is 17.5 Å². The Bertz CT molecular complexity index is 847. The lowest BCUT2D eigenvalue weighted by atomic mass is 9.64. The summed E-state index contributed by atoms with van der Waals surface area (Å²) < 4.78 is 10.5. The van der Waals surface area contributed by atoms with E-state index in [4.69, 9.17) is 9.47 Å². The average molecular weight is 366 g/mol. The lowest BCUT2D eigenvalue weighted by Gasteiger charge is -2.42. The van der Waals surface area contributed by atoms with Gasteiger partial charge in [0.25, 0.3) is 5.91 Å². The highest BCUT2D eigenvalue weighted by atomic mass is 16.7. The van der Waals surface area contributed by atoms with E-state index in [1.165, 1.54) is 12.0 Å². The van der Waals surface area contributed by atoms with Gasteiger partial charge in [0.05, 0.1) is 6.54 Å². The van der Waals surface area contributed by atoms with E-state index in [2.05, 4.69) is 22.8 Å². The number of benzene rings is 2. The molecule has 27 heavy (non-hydrogen) atoms. The third kappa shape index (κ3) is 3.60. The number of rotatable bonds is 6. The summed E-state index contributed by atoms with van der Waals surface area (Å²) in [5, 5.41) is 5.63. The maximum Gasteiger partial charge on any atom is 0.251 e. The van der Waals surface area contributed by atoms with Crippen molar-refractivity contribution >= 4 is 11.8 Å². The second kappa shape index (κ2) is 7.31. The van der Waals surface area contributed by atoms with Gasteiger partial charge in [-0.15, -0.1) is 0 Å². The Labute approximate surface area is 157 Å². The second-order valence-electron chi connectivity index (χ2n) is 7.03. The van der Waals surface area contributed by atoms with Gasteiger partial charge in [0.2, 0.25) is 12.7 Å². The number of ether oxygens (including phenoxy) is 2. The van der Waals surface area contributed by atoms with E-state index in [-0.39, 0.29) is 30.6 Å². The Balaban J connectivity index is 1.29. The van der Waals surface area contributed by atoms with Crippen molar-refractivity contribution < 1.29 is 19.1 Å². The summed E-state index contributed by atoms with van der Waals surface area (Å²) >= 11 is 0. The monoisotopic (exact) mass is 366 g/mol. The van der Waals surface area contributed by atoms with Crippen LogP contribution in [0.4, 0.5) is 0 Å². The molecule has 1 saturated carbocycles. The molecule has 2 aromatic carbocycles. The molecular formula is C21H22N2O4. The Hall–Kier alpha value is -3.02. The minimum absolute atomic E-state index is 0.0260. The van der Waals surface area contributed by atoms with E-state index >= 15 is 0 Å². The van der Waals surface area contributed by atoms with Crippen LogP contribution >= 0.6 is 0 Å². The number of nitrogens with one attached hydrogen (secondary N) is 2. The molecule has 2 aromatic rings. The molecule has 0 atom stereocenters. The van der Waals surface area contributed by atoms with E-state index in [0.717, 1.165) is 12.8 Å². The fourth-order valence-corrected chi connectivity index (χ4v) is 3.59. The molecular weight excluding hydrogens is 344 g/mol. The first-order valence-electron chi connectivity index (χ1n) is 9.16. The van der Waals surface area contributed by atoms with Gasteiger partial charge in [-0.1, -0.05) is 36.8 Å². The molecule has 1 fully saturated rings. The maximum absolute atomic E-state index is 12.3. The Kier molecular flexibility index (Phi) is 4.71. The Morgan fingerprint density at radius 2 is 1.74 bits per heavy atom. The van der Waals surface area contributed by atoms with Crippen LogP contribution in [0.1, 0.15) is 35.2 Å². The quantitative estimate of drug-likeness (QED) is 0.823. The Morgan fingerprint density at radius 1 is 0.963 bits per heavy atom. The molecule has 0 saturated heterocycles. The van der Waals surface area contributed by atoms with Crippen molar-refractivity contribution in [2.75, 3.05) is 19.9 Å². The molecule has 4 rings (SSSR count). The molecule has 2 amide bonds. The predicted molar refractivity (Wildman–Crippen MR) is 99.9 cm³/mol. The lowest BCUT2D eigenvalue weighted by Crippen LogP contribution is -2.47. The van der Waals surface area contributed by atoms with Gasteiger partial charge in [-0.25, -0.2) is 0 Å². The van der Waals surface area contributed by atoms with Crippen molar-refractivity contribution in [3.8, 4) is 11.5 Å². The van der Waals surface area contributed by atoms with Crippen LogP contribution in [-0.2, 0) is 10.2 Å². The Morgan fingerprint density at radius 3 is 2.48 bits per heavy atom. The van der Waals surface area contributed by atoms with E-state index in [9.17, 15) is 9.59 Å². The van der Waals surface area contributed by atoms with Crippen LogP contribution in [0.2, 0.25) is 0 Å². The van der Waals surface area contributed by atoms with E-state index in [1.54, 1.807) is 18.2 Å². The van der Waals surface area contributed by atoms with Crippen molar-refractivity contribution in [1.29, 1.82) is 0 Å². The predicted octanol–water partition coefficient (Wildman–Crippen LogP) is 2.38. The first-order chi connectivity index (χ1) is 13.2. The molecule has 0 aromatic heterocycles. The summed E-state index contributed by atoms with van der Waals surface area (Å²) in [6.45, 7) is 0.694. The molecule has 140 valence electrons. The molecule has 1 aliphatic heterocycles. The molecule has 0 radical (unpaired) electrons. The van der Waals surface area contributed by atoms with Gasteiger partial charge in [-0.3, -0.25) is 9.59 Å². The van der Waals surface area contributed by atoms with Gasteiger partial charge >= 0.3 is 0 Å². The van der Waals surface area contributed by atoms with Gasteiger partial charge in [0.1, 0.15) is 0 Å². The minimum atomic E-state index is -0.315. The molecule has 2 N–H and O–H groups in total. The highest BCUT2D eigenvalue weighted by Crippen LogP contribution is 2.43. The number of carbonyl (C=O) groups excluding carboxylic acids is 2.